The summed E-state index contributed by atoms with van der Waals surface area (Å²) in [6, 6.07) is 9.43. The van der Waals surface area contributed by atoms with Gasteiger partial charge in [-0.25, -0.2) is 9.78 Å². The molecule has 0 atom stereocenters. The molecular formula is C20H20F3N5O3. The van der Waals surface area contributed by atoms with E-state index in [-0.39, 0.29) is 0 Å². The zero-order chi connectivity index (χ0) is 22.3. The van der Waals surface area contributed by atoms with E-state index in [9.17, 15) is 18.0 Å². The lowest BCUT2D eigenvalue weighted by atomic mass is 10.1. The summed E-state index contributed by atoms with van der Waals surface area (Å²) < 4.78 is 43.4. The Bertz CT molecular complexity index is 1070. The summed E-state index contributed by atoms with van der Waals surface area (Å²) >= 11 is 0. The molecule has 31 heavy (non-hydrogen) atoms. The summed E-state index contributed by atoms with van der Waals surface area (Å²) in [5, 5.41) is 8.02. The first-order valence-corrected chi connectivity index (χ1v) is 9.19. The lowest BCUT2D eigenvalue weighted by Crippen LogP contribution is -2.36. The van der Waals surface area contributed by atoms with E-state index in [1.807, 2.05) is 22.7 Å². The van der Waals surface area contributed by atoms with Crippen molar-refractivity contribution in [2.75, 3.05) is 32.2 Å². The predicted octanol–water partition coefficient (Wildman–Crippen LogP) is 3.68. The monoisotopic (exact) mass is 435 g/mol. The van der Waals surface area contributed by atoms with Gasteiger partial charge in [0.05, 0.1) is 24.7 Å². The number of carbonyl (C=O) groups excluding carboxylic acids is 1. The number of nitrogens with zero attached hydrogens (tertiary/aromatic N) is 3. The molecule has 0 aliphatic rings. The fourth-order valence-corrected chi connectivity index (χ4v) is 2.67. The molecule has 0 aliphatic heterocycles. The standard InChI is InChI=1S/C20H20F3N5O3/c1-30-7-8-31-26-11-14-5-6-28-17(12-24-18(28)9-14)15-3-2-4-16(10-15)27-19(29)25-13-20(21,22)23/h2-6,9-12H,7-8,13H2,1H3,(H2,25,27,29). The maximum Gasteiger partial charge on any atom is 0.405 e. The van der Waals surface area contributed by atoms with Gasteiger partial charge in [-0.2, -0.15) is 13.2 Å². The zero-order valence-electron chi connectivity index (χ0n) is 16.5. The molecule has 2 amide bonds. The van der Waals surface area contributed by atoms with E-state index in [1.54, 1.807) is 49.1 Å². The molecule has 0 radical (unpaired) electrons. The van der Waals surface area contributed by atoms with Crippen molar-refractivity contribution in [1.29, 1.82) is 0 Å². The molecule has 3 aromatic rings. The topological polar surface area (TPSA) is 89.3 Å². The predicted molar refractivity (Wildman–Crippen MR) is 109 cm³/mol. The van der Waals surface area contributed by atoms with Gasteiger partial charge in [0.1, 0.15) is 18.8 Å². The van der Waals surface area contributed by atoms with Crippen molar-refractivity contribution in [1.82, 2.24) is 14.7 Å². The van der Waals surface area contributed by atoms with Crippen LogP contribution < -0.4 is 10.6 Å². The first-order valence-electron chi connectivity index (χ1n) is 9.19. The van der Waals surface area contributed by atoms with Gasteiger partial charge >= 0.3 is 12.2 Å². The number of rotatable bonds is 8. The fourth-order valence-electron chi connectivity index (χ4n) is 2.67. The van der Waals surface area contributed by atoms with E-state index in [4.69, 9.17) is 9.57 Å². The van der Waals surface area contributed by atoms with Crippen molar-refractivity contribution in [3.63, 3.8) is 0 Å². The van der Waals surface area contributed by atoms with Gasteiger partial charge in [0.15, 0.2) is 0 Å². The van der Waals surface area contributed by atoms with Gasteiger partial charge in [-0.15, -0.1) is 0 Å². The van der Waals surface area contributed by atoms with Crippen LogP contribution in [0.3, 0.4) is 0 Å². The number of imidazole rings is 1. The lowest BCUT2D eigenvalue weighted by Gasteiger charge is -2.10. The Kier molecular flexibility index (Phi) is 7.08. The molecule has 11 heteroatoms. The Balaban J connectivity index is 1.72. The van der Waals surface area contributed by atoms with Crippen LogP contribution in [0.4, 0.5) is 23.7 Å². The van der Waals surface area contributed by atoms with Crippen LogP contribution in [0, 0.1) is 0 Å². The minimum absolute atomic E-state index is 0.349. The Morgan fingerprint density at radius 2 is 2.10 bits per heavy atom. The van der Waals surface area contributed by atoms with Gasteiger partial charge < -0.3 is 20.2 Å². The molecule has 0 saturated carbocycles. The number of carbonyl (C=O) groups is 1. The summed E-state index contributed by atoms with van der Waals surface area (Å²) in [6.07, 6.45) is 0.557. The minimum Gasteiger partial charge on any atom is -0.393 e. The smallest absolute Gasteiger partial charge is 0.393 e. The number of aromatic nitrogens is 2. The van der Waals surface area contributed by atoms with Gasteiger partial charge in [-0.3, -0.25) is 4.40 Å². The molecule has 0 fully saturated rings. The van der Waals surface area contributed by atoms with Gasteiger partial charge in [0, 0.05) is 30.1 Å². The zero-order valence-corrected chi connectivity index (χ0v) is 16.5. The number of ether oxygens (including phenoxy) is 1. The van der Waals surface area contributed by atoms with Crippen LogP contribution in [0.1, 0.15) is 5.56 Å². The van der Waals surface area contributed by atoms with E-state index in [0.29, 0.717) is 24.5 Å². The third-order valence-electron chi connectivity index (χ3n) is 4.06. The van der Waals surface area contributed by atoms with Crippen molar-refractivity contribution in [3.05, 3.63) is 54.4 Å². The number of anilines is 1. The maximum absolute atomic E-state index is 12.2. The highest BCUT2D eigenvalue weighted by molar-refractivity contribution is 5.90. The average molecular weight is 435 g/mol. The van der Waals surface area contributed by atoms with Crippen molar-refractivity contribution in [2.45, 2.75) is 6.18 Å². The first kappa shape index (κ1) is 22.1. The number of alkyl halides is 3. The Morgan fingerprint density at radius 1 is 1.26 bits per heavy atom. The van der Waals surface area contributed by atoms with Crippen LogP contribution in [-0.4, -0.2) is 54.7 Å². The molecule has 0 spiro atoms. The van der Waals surface area contributed by atoms with Crippen molar-refractivity contribution in [3.8, 4) is 11.3 Å². The number of hydrogen-bond acceptors (Lipinski definition) is 5. The summed E-state index contributed by atoms with van der Waals surface area (Å²) in [5.41, 5.74) is 3.28. The number of nitrogens with one attached hydrogen (secondary N) is 2. The third kappa shape index (κ3) is 6.44. The number of urea groups is 1. The molecule has 0 aliphatic carbocycles. The molecule has 2 N–H and O–H groups in total. The number of hydrogen-bond donors (Lipinski definition) is 2. The summed E-state index contributed by atoms with van der Waals surface area (Å²) in [6.45, 7) is -0.617. The van der Waals surface area contributed by atoms with Crippen LogP contribution in [0.25, 0.3) is 16.9 Å². The molecule has 0 saturated heterocycles. The second kappa shape index (κ2) is 9.94. The summed E-state index contributed by atoms with van der Waals surface area (Å²) in [7, 11) is 1.57. The van der Waals surface area contributed by atoms with Gasteiger partial charge in [-0.1, -0.05) is 17.3 Å². The van der Waals surface area contributed by atoms with Gasteiger partial charge in [-0.05, 0) is 24.3 Å². The average Bonchev–Trinajstić information content (AvgIpc) is 3.15. The highest BCUT2D eigenvalue weighted by Gasteiger charge is 2.27. The fraction of sp³-hybridized carbons (Fsp3) is 0.250. The molecular weight excluding hydrogens is 415 g/mol. The molecule has 1 aromatic carbocycles. The molecule has 0 bridgehead atoms. The van der Waals surface area contributed by atoms with E-state index >= 15 is 0 Å². The van der Waals surface area contributed by atoms with Gasteiger partial charge in [0.25, 0.3) is 0 Å². The molecule has 2 heterocycles. The normalized spacial score (nSPS) is 11.7. The Morgan fingerprint density at radius 3 is 2.87 bits per heavy atom. The van der Waals surface area contributed by atoms with E-state index in [2.05, 4.69) is 15.5 Å². The number of methoxy groups -OCH3 is 1. The van der Waals surface area contributed by atoms with Gasteiger partial charge in [0.2, 0.25) is 0 Å². The molecule has 8 nitrogen and oxygen atoms in total. The minimum atomic E-state index is -4.48. The number of halogens is 3. The van der Waals surface area contributed by atoms with Crippen molar-refractivity contribution < 1.29 is 27.5 Å². The quantitative estimate of drug-likeness (QED) is 0.321. The highest BCUT2D eigenvalue weighted by Crippen LogP contribution is 2.24. The third-order valence-corrected chi connectivity index (χ3v) is 4.06. The van der Waals surface area contributed by atoms with Crippen LogP contribution in [0.2, 0.25) is 0 Å². The summed E-state index contributed by atoms with van der Waals surface area (Å²) in [4.78, 5) is 21.1. The van der Waals surface area contributed by atoms with Crippen LogP contribution in [0.15, 0.2) is 53.9 Å². The molecule has 2 aromatic heterocycles. The summed E-state index contributed by atoms with van der Waals surface area (Å²) in [5.74, 6) is 0. The highest BCUT2D eigenvalue weighted by atomic mass is 19.4. The van der Waals surface area contributed by atoms with E-state index in [1.165, 1.54) is 0 Å². The van der Waals surface area contributed by atoms with E-state index < -0.39 is 18.8 Å². The largest absolute Gasteiger partial charge is 0.405 e. The molecule has 0 unspecified atom stereocenters. The number of benzene rings is 1. The van der Waals surface area contributed by atoms with Crippen LogP contribution in [-0.2, 0) is 9.57 Å². The SMILES string of the molecule is COCCON=Cc1ccn2c(-c3cccc(NC(=O)NCC(F)(F)F)c3)cnc2c1. The molecule has 3 rings (SSSR count). The number of pyridine rings is 1. The number of oxime groups is 1. The second-order valence-electron chi connectivity index (χ2n) is 6.40. The Labute approximate surface area is 175 Å². The van der Waals surface area contributed by atoms with Crippen LogP contribution in [0.5, 0.6) is 0 Å². The van der Waals surface area contributed by atoms with Crippen LogP contribution >= 0.6 is 0 Å². The van der Waals surface area contributed by atoms with Crippen molar-refractivity contribution in [2.24, 2.45) is 5.16 Å². The lowest BCUT2D eigenvalue weighted by molar-refractivity contribution is -0.122. The maximum atomic E-state index is 12.2. The molecule has 164 valence electrons. The number of fused-ring (bicyclic) bond motifs is 1. The second-order valence-corrected chi connectivity index (χ2v) is 6.40. The Hall–Kier alpha value is -3.60. The number of amides is 2. The first-order chi connectivity index (χ1) is 14.9. The van der Waals surface area contributed by atoms with Crippen molar-refractivity contribution >= 4 is 23.6 Å². The van der Waals surface area contributed by atoms with E-state index in [0.717, 1.165) is 16.8 Å².